The Morgan fingerprint density at radius 1 is 0.667 bits per heavy atom. The average molecular weight is 442 g/mol. The van der Waals surface area contributed by atoms with E-state index < -0.39 is 0 Å². The molecule has 0 fully saturated rings. The summed E-state index contributed by atoms with van der Waals surface area (Å²) in [6.07, 6.45) is 15.0. The molecule has 0 aliphatic carbocycles. The van der Waals surface area contributed by atoms with E-state index in [9.17, 15) is 14.6 Å². The minimum absolute atomic E-state index is 0.0563. The Labute approximate surface area is 174 Å². The maximum absolute atomic E-state index is 12.0. The van der Waals surface area contributed by atoms with Crippen molar-refractivity contribution in [2.24, 2.45) is 0 Å². The van der Waals surface area contributed by atoms with Crippen LogP contribution in [0, 0.1) is 0 Å². The Kier molecular flexibility index (Phi) is 14.2. The number of alkyl halides is 1. The first-order chi connectivity index (χ1) is 13.1. The van der Waals surface area contributed by atoms with Crippen molar-refractivity contribution in [3.8, 4) is 0 Å². The summed E-state index contributed by atoms with van der Waals surface area (Å²) in [6.45, 7) is -0.0440. The molecule has 2 N–H and O–H groups in total. The van der Waals surface area contributed by atoms with Crippen molar-refractivity contribution in [1.29, 1.82) is 0 Å². The SMILES string of the molecule is OCC([AsH2])(CO)CCc1ccc(CCCCCCCCCCCCF)cc1. The van der Waals surface area contributed by atoms with Crippen LogP contribution < -0.4 is 0 Å². The number of halogens is 1. The van der Waals surface area contributed by atoms with Crippen LogP contribution in [0.3, 0.4) is 0 Å². The van der Waals surface area contributed by atoms with Gasteiger partial charge >= 0.3 is 125 Å². The molecule has 0 aliphatic heterocycles. The Morgan fingerprint density at radius 2 is 1.07 bits per heavy atom. The van der Waals surface area contributed by atoms with Crippen LogP contribution in [-0.2, 0) is 12.8 Å². The van der Waals surface area contributed by atoms with Gasteiger partial charge in [-0.1, -0.05) is 32.1 Å². The van der Waals surface area contributed by atoms with E-state index >= 15 is 0 Å². The zero-order valence-electron chi connectivity index (χ0n) is 17.0. The van der Waals surface area contributed by atoms with Gasteiger partial charge < -0.3 is 0 Å². The molecule has 0 saturated heterocycles. The Balaban J connectivity index is 2.06. The summed E-state index contributed by atoms with van der Waals surface area (Å²) in [5.41, 5.74) is 2.69. The molecule has 0 bridgehead atoms. The second-order valence-corrected chi connectivity index (χ2v) is 10.5. The van der Waals surface area contributed by atoms with Gasteiger partial charge in [0, 0.05) is 0 Å². The zero-order valence-corrected chi connectivity index (χ0v) is 19.4. The average Bonchev–Trinajstić information content (AvgIpc) is 2.71. The monoisotopic (exact) mass is 442 g/mol. The topological polar surface area (TPSA) is 40.5 Å². The minimum atomic E-state index is -0.319. The van der Waals surface area contributed by atoms with Crippen LogP contribution in [0.25, 0.3) is 0 Å². The van der Waals surface area contributed by atoms with Gasteiger partial charge in [-0.25, -0.2) is 0 Å². The third kappa shape index (κ3) is 11.9. The molecule has 1 aromatic carbocycles. The predicted octanol–water partition coefficient (Wildman–Crippen LogP) is 4.81. The van der Waals surface area contributed by atoms with Crippen LogP contribution in [-0.4, -0.2) is 47.0 Å². The summed E-state index contributed by atoms with van der Waals surface area (Å²) in [5, 5.41) is 18.8. The first-order valence-electron chi connectivity index (χ1n) is 10.8. The molecule has 0 aliphatic rings. The van der Waals surface area contributed by atoms with E-state index in [-0.39, 0.29) is 24.1 Å². The van der Waals surface area contributed by atoms with Gasteiger partial charge in [0.25, 0.3) is 0 Å². The molecule has 1 unspecified atom stereocenters. The summed E-state index contributed by atoms with van der Waals surface area (Å²) in [6, 6.07) is 8.85. The fourth-order valence-electron chi connectivity index (χ4n) is 3.31. The number of rotatable bonds is 17. The van der Waals surface area contributed by atoms with E-state index in [4.69, 9.17) is 0 Å². The van der Waals surface area contributed by atoms with Gasteiger partial charge in [0.05, 0.1) is 6.67 Å². The summed E-state index contributed by atoms with van der Waals surface area (Å²) in [4.78, 5) is 0. The molecule has 27 heavy (non-hydrogen) atoms. The molecule has 0 radical (unpaired) electrons. The van der Waals surface area contributed by atoms with Crippen LogP contribution in [0.15, 0.2) is 24.3 Å². The number of hydrogen-bond acceptors (Lipinski definition) is 2. The molecule has 156 valence electrons. The van der Waals surface area contributed by atoms with Gasteiger partial charge in [-0.05, 0) is 6.42 Å². The van der Waals surface area contributed by atoms with Crippen molar-refractivity contribution in [2.45, 2.75) is 87.7 Å². The van der Waals surface area contributed by atoms with E-state index in [1.165, 1.54) is 79.3 Å². The van der Waals surface area contributed by atoms with E-state index in [1.807, 2.05) is 0 Å². The molecule has 1 atom stereocenters. The van der Waals surface area contributed by atoms with Gasteiger partial charge in [0.2, 0.25) is 0 Å². The van der Waals surface area contributed by atoms with Crippen molar-refractivity contribution in [1.82, 2.24) is 0 Å². The third-order valence-corrected chi connectivity index (χ3v) is 6.79. The predicted molar refractivity (Wildman–Crippen MR) is 116 cm³/mol. The molecule has 0 aromatic heterocycles. The van der Waals surface area contributed by atoms with E-state index in [1.54, 1.807) is 0 Å². The molecular formula is C23H40AsFO2. The quantitative estimate of drug-likeness (QED) is 0.269. The third-order valence-electron chi connectivity index (χ3n) is 5.41. The second-order valence-electron chi connectivity index (χ2n) is 7.97. The standard InChI is InChI=1S/C23H40AsFO2/c24-23(19-26,20-27)17-16-22-14-12-21(13-15-22)11-9-7-5-3-1-2-4-6-8-10-18-25/h12-15,26-27H,1-11,16-20,24H2. The van der Waals surface area contributed by atoms with E-state index in [0.717, 1.165) is 32.1 Å². The van der Waals surface area contributed by atoms with Gasteiger partial charge in [-0.2, -0.15) is 0 Å². The Hall–Kier alpha value is -0.372. The molecule has 1 aromatic rings. The molecule has 0 saturated carbocycles. The second kappa shape index (κ2) is 15.5. The van der Waals surface area contributed by atoms with Crippen LogP contribution in [0.4, 0.5) is 4.39 Å². The van der Waals surface area contributed by atoms with Gasteiger partial charge in [-0.3, -0.25) is 4.39 Å². The van der Waals surface area contributed by atoms with Crippen LogP contribution in [0.5, 0.6) is 0 Å². The van der Waals surface area contributed by atoms with Crippen molar-refractivity contribution in [3.05, 3.63) is 35.4 Å². The van der Waals surface area contributed by atoms with Crippen LogP contribution in [0.1, 0.15) is 81.8 Å². The van der Waals surface area contributed by atoms with E-state index in [2.05, 4.69) is 24.3 Å². The Morgan fingerprint density at radius 3 is 1.52 bits per heavy atom. The van der Waals surface area contributed by atoms with Crippen LogP contribution >= 0.6 is 0 Å². The number of aryl methyl sites for hydroxylation is 2. The van der Waals surface area contributed by atoms with Gasteiger partial charge in [0.1, 0.15) is 0 Å². The fourth-order valence-corrected chi connectivity index (χ4v) is 3.61. The molecule has 0 spiro atoms. The normalized spacial score (nSPS) is 11.9. The summed E-state index contributed by atoms with van der Waals surface area (Å²) in [5.74, 6) is 0. The molecule has 2 nitrogen and oxygen atoms in total. The molecular weight excluding hydrogens is 402 g/mol. The van der Waals surface area contributed by atoms with E-state index in [0.29, 0.717) is 0 Å². The maximum atomic E-state index is 12.0. The number of aliphatic hydroxyl groups is 2. The number of unbranched alkanes of at least 4 members (excludes halogenated alkanes) is 9. The van der Waals surface area contributed by atoms with Crippen LogP contribution in [0.2, 0.25) is 4.20 Å². The van der Waals surface area contributed by atoms with Crippen molar-refractivity contribution >= 4 is 16.9 Å². The fraction of sp³-hybridized carbons (Fsp3) is 0.739. The van der Waals surface area contributed by atoms with Gasteiger partial charge in [0.15, 0.2) is 0 Å². The van der Waals surface area contributed by atoms with Crippen molar-refractivity contribution in [2.75, 3.05) is 19.9 Å². The first kappa shape index (κ1) is 24.7. The first-order valence-corrected chi connectivity index (χ1v) is 12.0. The molecule has 4 heteroatoms. The Bertz CT molecular complexity index is 460. The number of benzene rings is 1. The molecule has 0 heterocycles. The summed E-state index contributed by atoms with van der Waals surface area (Å²) in [7, 11) is 0. The number of aliphatic hydroxyl groups excluding tert-OH is 2. The zero-order chi connectivity index (χ0) is 19.8. The van der Waals surface area contributed by atoms with Crippen molar-refractivity contribution in [3.63, 3.8) is 0 Å². The van der Waals surface area contributed by atoms with Gasteiger partial charge in [-0.15, -0.1) is 0 Å². The summed E-state index contributed by atoms with van der Waals surface area (Å²) < 4.78 is 11.7. The number of hydrogen-bond donors (Lipinski definition) is 2. The van der Waals surface area contributed by atoms with Crippen molar-refractivity contribution < 1.29 is 14.6 Å². The summed E-state index contributed by atoms with van der Waals surface area (Å²) >= 11 is 1.43. The molecule has 0 amide bonds. The molecule has 1 rings (SSSR count).